The average Bonchev–Trinajstić information content (AvgIpc) is 2.80. The Morgan fingerprint density at radius 1 is 1.15 bits per heavy atom. The molecule has 1 unspecified atom stereocenters. The number of hydrogen-bond donors (Lipinski definition) is 2. The van der Waals surface area contributed by atoms with Crippen LogP contribution < -0.4 is 14.8 Å². The van der Waals surface area contributed by atoms with E-state index in [1.807, 2.05) is 0 Å². The zero-order chi connectivity index (χ0) is 24.4. The number of carbonyl (C=O) groups excluding carboxylic acids is 1. The molecule has 0 saturated heterocycles. The third kappa shape index (κ3) is 7.57. The first-order valence-corrected chi connectivity index (χ1v) is 10.5. The molecular weight excluding hydrogens is 452 g/mol. The summed E-state index contributed by atoms with van der Waals surface area (Å²) in [5.74, 6) is -0.634. The van der Waals surface area contributed by atoms with E-state index >= 15 is 0 Å². The van der Waals surface area contributed by atoms with Crippen molar-refractivity contribution in [3.8, 4) is 11.5 Å². The van der Waals surface area contributed by atoms with E-state index in [9.17, 15) is 14.7 Å². The molecule has 0 aromatic heterocycles. The molecular formula is C23H27ClN2O7. The second kappa shape index (κ2) is 12.5. The van der Waals surface area contributed by atoms with E-state index in [1.54, 1.807) is 50.2 Å². The molecule has 0 saturated carbocycles. The van der Waals surface area contributed by atoms with Gasteiger partial charge in [-0.1, -0.05) is 22.8 Å². The summed E-state index contributed by atoms with van der Waals surface area (Å²) >= 11 is 6.01. The minimum absolute atomic E-state index is 0.0721. The first-order valence-electron chi connectivity index (χ1n) is 10.1. The van der Waals surface area contributed by atoms with Crippen molar-refractivity contribution >= 4 is 34.9 Å². The van der Waals surface area contributed by atoms with Crippen molar-refractivity contribution in [2.75, 3.05) is 32.8 Å². The molecule has 0 amide bonds. The predicted molar refractivity (Wildman–Crippen MR) is 124 cm³/mol. The third-order valence-corrected chi connectivity index (χ3v) is 4.76. The molecule has 0 bridgehead atoms. The van der Waals surface area contributed by atoms with Crippen LogP contribution in [-0.4, -0.2) is 50.2 Å². The SMILES string of the molecule is CCOC(=O)CCO/N=C(\C)c1cc(NC(C(=O)O)c2ccc(Cl)cc2OC)cc(OC)c1. The van der Waals surface area contributed by atoms with Crippen LogP contribution in [0.4, 0.5) is 5.69 Å². The normalized spacial score (nSPS) is 12.0. The summed E-state index contributed by atoms with van der Waals surface area (Å²) in [5.41, 5.74) is 2.04. The van der Waals surface area contributed by atoms with Gasteiger partial charge >= 0.3 is 11.9 Å². The molecule has 2 N–H and O–H groups in total. The molecule has 0 heterocycles. The fraction of sp³-hybridized carbons (Fsp3) is 0.348. The first-order chi connectivity index (χ1) is 15.8. The lowest BCUT2D eigenvalue weighted by Crippen LogP contribution is -2.21. The highest BCUT2D eigenvalue weighted by Gasteiger charge is 2.24. The van der Waals surface area contributed by atoms with Gasteiger partial charge in [0, 0.05) is 27.9 Å². The number of aliphatic carboxylic acids is 1. The van der Waals surface area contributed by atoms with Gasteiger partial charge in [0.25, 0.3) is 0 Å². The Labute approximate surface area is 197 Å². The van der Waals surface area contributed by atoms with E-state index < -0.39 is 12.0 Å². The molecule has 0 aliphatic carbocycles. The van der Waals surface area contributed by atoms with Crippen molar-refractivity contribution < 1.29 is 33.7 Å². The summed E-state index contributed by atoms with van der Waals surface area (Å²) in [6, 6.07) is 8.74. The highest BCUT2D eigenvalue weighted by Crippen LogP contribution is 2.32. The monoisotopic (exact) mass is 478 g/mol. The minimum atomic E-state index is -1.12. The highest BCUT2D eigenvalue weighted by molar-refractivity contribution is 6.30. The van der Waals surface area contributed by atoms with E-state index in [0.29, 0.717) is 45.7 Å². The molecule has 2 aromatic rings. The number of carboxylic acid groups (broad SMARTS) is 1. The van der Waals surface area contributed by atoms with Crippen molar-refractivity contribution in [3.05, 3.63) is 52.5 Å². The van der Waals surface area contributed by atoms with Gasteiger partial charge in [0.15, 0.2) is 6.04 Å². The van der Waals surface area contributed by atoms with Gasteiger partial charge in [-0.15, -0.1) is 0 Å². The number of esters is 1. The lowest BCUT2D eigenvalue weighted by Gasteiger charge is -2.20. The van der Waals surface area contributed by atoms with Crippen molar-refractivity contribution in [2.24, 2.45) is 5.16 Å². The maximum atomic E-state index is 12.0. The van der Waals surface area contributed by atoms with Crippen LogP contribution in [0.25, 0.3) is 0 Å². The second-order valence-electron chi connectivity index (χ2n) is 6.82. The van der Waals surface area contributed by atoms with Crippen LogP contribution in [-0.2, 0) is 19.2 Å². The summed E-state index contributed by atoms with van der Waals surface area (Å²) in [4.78, 5) is 28.6. The fourth-order valence-corrected chi connectivity index (χ4v) is 3.09. The topological polar surface area (TPSA) is 116 Å². The molecule has 0 aliphatic heterocycles. The molecule has 0 aliphatic rings. The number of nitrogens with zero attached hydrogens (tertiary/aromatic N) is 1. The summed E-state index contributed by atoms with van der Waals surface area (Å²) in [7, 11) is 2.95. The zero-order valence-corrected chi connectivity index (χ0v) is 19.6. The number of carboxylic acids is 1. The van der Waals surface area contributed by atoms with Gasteiger partial charge in [0.2, 0.25) is 0 Å². The average molecular weight is 479 g/mol. The van der Waals surface area contributed by atoms with Crippen molar-refractivity contribution in [2.45, 2.75) is 26.3 Å². The zero-order valence-electron chi connectivity index (χ0n) is 18.9. The molecule has 10 heteroatoms. The fourth-order valence-electron chi connectivity index (χ4n) is 2.93. The number of rotatable bonds is 12. The van der Waals surface area contributed by atoms with Crippen LogP contribution in [0.3, 0.4) is 0 Å². The number of halogens is 1. The number of hydrogen-bond acceptors (Lipinski definition) is 8. The van der Waals surface area contributed by atoms with E-state index in [4.69, 9.17) is 30.6 Å². The molecule has 1 atom stereocenters. The van der Waals surface area contributed by atoms with Crippen LogP contribution in [0.5, 0.6) is 11.5 Å². The Morgan fingerprint density at radius 2 is 1.91 bits per heavy atom. The Morgan fingerprint density at radius 3 is 2.55 bits per heavy atom. The number of ether oxygens (including phenoxy) is 3. The van der Waals surface area contributed by atoms with Crippen LogP contribution in [0, 0.1) is 0 Å². The molecule has 2 rings (SSSR count). The Kier molecular flexibility index (Phi) is 9.81. The van der Waals surface area contributed by atoms with Gasteiger partial charge in [-0.25, -0.2) is 4.79 Å². The minimum Gasteiger partial charge on any atom is -0.497 e. The molecule has 9 nitrogen and oxygen atoms in total. The van der Waals surface area contributed by atoms with Gasteiger partial charge in [0.05, 0.1) is 33.0 Å². The Bertz CT molecular complexity index is 1010. The maximum absolute atomic E-state index is 12.0. The molecule has 2 aromatic carbocycles. The van der Waals surface area contributed by atoms with E-state index in [1.165, 1.54) is 14.2 Å². The molecule has 0 fully saturated rings. The van der Waals surface area contributed by atoms with Crippen LogP contribution in [0.15, 0.2) is 41.6 Å². The molecule has 0 spiro atoms. The number of oxime groups is 1. The standard InChI is InChI=1S/C23H27ClN2O7/c1-5-32-21(27)8-9-33-26-14(2)15-10-17(13-18(11-15)30-3)25-22(23(28)29)19-7-6-16(24)12-20(19)31-4/h6-7,10-13,22,25H,5,8-9H2,1-4H3,(H,28,29)/b26-14+. The number of carbonyl (C=O) groups is 2. The quantitative estimate of drug-likeness (QED) is 0.201. The summed E-state index contributed by atoms with van der Waals surface area (Å²) in [6.45, 7) is 3.83. The van der Waals surface area contributed by atoms with E-state index in [0.717, 1.165) is 0 Å². The number of nitrogens with one attached hydrogen (secondary N) is 1. The Hall–Kier alpha value is -3.46. The third-order valence-electron chi connectivity index (χ3n) is 4.53. The molecule has 33 heavy (non-hydrogen) atoms. The maximum Gasteiger partial charge on any atom is 0.330 e. The Balaban J connectivity index is 2.26. The number of methoxy groups -OCH3 is 2. The van der Waals surface area contributed by atoms with Gasteiger partial charge in [-0.05, 0) is 38.1 Å². The summed E-state index contributed by atoms with van der Waals surface area (Å²) in [6.07, 6.45) is 0.0821. The van der Waals surface area contributed by atoms with Crippen LogP contribution in [0.2, 0.25) is 5.02 Å². The van der Waals surface area contributed by atoms with Crippen molar-refractivity contribution in [1.82, 2.24) is 0 Å². The largest absolute Gasteiger partial charge is 0.497 e. The predicted octanol–water partition coefficient (Wildman–Crippen LogP) is 4.29. The molecule has 0 radical (unpaired) electrons. The number of anilines is 1. The lowest BCUT2D eigenvalue weighted by atomic mass is 10.0. The smallest absolute Gasteiger partial charge is 0.330 e. The van der Waals surface area contributed by atoms with Gasteiger partial charge < -0.3 is 29.5 Å². The van der Waals surface area contributed by atoms with Crippen LogP contribution in [0.1, 0.15) is 37.4 Å². The van der Waals surface area contributed by atoms with E-state index in [-0.39, 0.29) is 19.0 Å². The van der Waals surface area contributed by atoms with Gasteiger partial charge in [-0.3, -0.25) is 4.79 Å². The van der Waals surface area contributed by atoms with E-state index in [2.05, 4.69) is 10.5 Å². The van der Waals surface area contributed by atoms with Gasteiger partial charge in [-0.2, -0.15) is 0 Å². The summed E-state index contributed by atoms with van der Waals surface area (Å²) < 4.78 is 15.5. The van der Waals surface area contributed by atoms with Crippen molar-refractivity contribution in [1.29, 1.82) is 0 Å². The van der Waals surface area contributed by atoms with Gasteiger partial charge in [0.1, 0.15) is 18.1 Å². The summed E-state index contributed by atoms with van der Waals surface area (Å²) in [5, 5.41) is 17.3. The van der Waals surface area contributed by atoms with Crippen LogP contribution >= 0.6 is 11.6 Å². The first kappa shape index (κ1) is 25.8. The molecule has 178 valence electrons. The number of benzene rings is 2. The lowest BCUT2D eigenvalue weighted by molar-refractivity contribution is -0.144. The van der Waals surface area contributed by atoms with Crippen molar-refractivity contribution in [3.63, 3.8) is 0 Å². The highest BCUT2D eigenvalue weighted by atomic mass is 35.5. The second-order valence-corrected chi connectivity index (χ2v) is 7.25.